The van der Waals surface area contributed by atoms with Gasteiger partial charge in [0, 0.05) is 0 Å². The molecule has 0 heterocycles. The molecule has 1 fully saturated rings. The first-order chi connectivity index (χ1) is 13.5. The first-order valence-electron chi connectivity index (χ1n) is 9.90. The molecule has 1 aliphatic carbocycles. The van der Waals surface area contributed by atoms with Crippen molar-refractivity contribution in [3.8, 4) is 12.1 Å². The van der Waals surface area contributed by atoms with Crippen molar-refractivity contribution in [2.75, 3.05) is 0 Å². The lowest BCUT2D eigenvalue weighted by Crippen LogP contribution is -2.08. The Morgan fingerprint density at radius 2 is 1.43 bits per heavy atom. The van der Waals surface area contributed by atoms with Crippen molar-refractivity contribution >= 4 is 11.9 Å². The lowest BCUT2D eigenvalue weighted by molar-refractivity contribution is 0.0680. The standard InChI is InChI=1S/C12H24.C10H4N2O4/c1-2-3-4-6-9-12-10-7-5-8-11-12;11-3-7-5(9(13)14)1-2-6(10(15)16)8(7)4-12/h12H,2-11H2,1H3;1-2H,(H,13,14)(H,15,16). The fraction of sp³-hybridized carbons (Fsp3) is 0.545. The van der Waals surface area contributed by atoms with Crippen molar-refractivity contribution in [1.82, 2.24) is 0 Å². The number of rotatable bonds is 7. The number of unbranched alkanes of at least 4 members (excludes halogenated alkanes) is 3. The van der Waals surface area contributed by atoms with E-state index in [1.54, 1.807) is 0 Å². The quantitative estimate of drug-likeness (QED) is 0.610. The third kappa shape index (κ3) is 7.04. The number of nitriles is 2. The highest BCUT2D eigenvalue weighted by Gasteiger charge is 2.20. The molecule has 0 radical (unpaired) electrons. The van der Waals surface area contributed by atoms with Crippen LogP contribution in [0.5, 0.6) is 0 Å². The molecule has 1 aliphatic rings. The highest BCUT2D eigenvalue weighted by atomic mass is 16.4. The van der Waals surface area contributed by atoms with E-state index in [2.05, 4.69) is 6.92 Å². The number of hydrogen-bond acceptors (Lipinski definition) is 4. The largest absolute Gasteiger partial charge is 0.478 e. The minimum absolute atomic E-state index is 0.385. The van der Waals surface area contributed by atoms with Gasteiger partial charge >= 0.3 is 11.9 Å². The molecule has 150 valence electrons. The van der Waals surface area contributed by atoms with Crippen LogP contribution in [0.1, 0.15) is 103 Å². The number of carbonyl (C=O) groups is 2. The molecule has 1 saturated carbocycles. The van der Waals surface area contributed by atoms with Crippen LogP contribution < -0.4 is 0 Å². The summed E-state index contributed by atoms with van der Waals surface area (Å²) in [4.78, 5) is 21.4. The molecule has 0 aliphatic heterocycles. The minimum Gasteiger partial charge on any atom is -0.478 e. The highest BCUT2D eigenvalue weighted by molar-refractivity contribution is 5.97. The van der Waals surface area contributed by atoms with Crippen LogP contribution in [0.2, 0.25) is 0 Å². The molecule has 0 aromatic heterocycles. The Morgan fingerprint density at radius 1 is 0.929 bits per heavy atom. The summed E-state index contributed by atoms with van der Waals surface area (Å²) in [5.74, 6) is -1.66. The van der Waals surface area contributed by atoms with E-state index >= 15 is 0 Å². The first kappa shape index (κ1) is 23.2. The van der Waals surface area contributed by atoms with E-state index in [1.807, 2.05) is 0 Å². The number of carboxylic acid groups (broad SMARTS) is 2. The molecule has 0 spiro atoms. The lowest BCUT2D eigenvalue weighted by Gasteiger charge is -2.21. The monoisotopic (exact) mass is 384 g/mol. The maximum Gasteiger partial charge on any atom is 0.337 e. The van der Waals surface area contributed by atoms with Crippen LogP contribution in [0, 0.1) is 28.6 Å². The van der Waals surface area contributed by atoms with Gasteiger partial charge < -0.3 is 10.2 Å². The molecule has 6 nitrogen and oxygen atoms in total. The predicted octanol–water partition coefficient (Wildman–Crippen LogP) is 5.36. The highest BCUT2D eigenvalue weighted by Crippen LogP contribution is 2.27. The van der Waals surface area contributed by atoms with Crippen molar-refractivity contribution in [2.45, 2.75) is 71.1 Å². The molecule has 2 N–H and O–H groups in total. The Balaban J connectivity index is 0.000000292. The zero-order valence-corrected chi connectivity index (χ0v) is 16.4. The molecular formula is C22H28N2O4. The van der Waals surface area contributed by atoms with Crippen LogP contribution >= 0.6 is 0 Å². The molecule has 1 aromatic carbocycles. The van der Waals surface area contributed by atoms with Crippen molar-refractivity contribution in [3.05, 3.63) is 34.4 Å². The van der Waals surface area contributed by atoms with Gasteiger partial charge in [0.2, 0.25) is 0 Å². The van der Waals surface area contributed by atoms with Crippen molar-refractivity contribution in [2.24, 2.45) is 5.92 Å². The van der Waals surface area contributed by atoms with Gasteiger partial charge in [-0.2, -0.15) is 10.5 Å². The van der Waals surface area contributed by atoms with Crippen molar-refractivity contribution in [3.63, 3.8) is 0 Å². The van der Waals surface area contributed by atoms with E-state index in [4.69, 9.17) is 20.7 Å². The van der Waals surface area contributed by atoms with E-state index in [1.165, 1.54) is 76.3 Å². The smallest absolute Gasteiger partial charge is 0.337 e. The Bertz CT molecular complexity index is 702. The van der Waals surface area contributed by atoms with Crippen LogP contribution in [0.15, 0.2) is 12.1 Å². The molecule has 0 atom stereocenters. The average Bonchev–Trinajstić information content (AvgIpc) is 2.71. The van der Waals surface area contributed by atoms with Gasteiger partial charge in [-0.15, -0.1) is 0 Å². The molecule has 0 bridgehead atoms. The summed E-state index contributed by atoms with van der Waals surface area (Å²) in [5, 5.41) is 34.9. The van der Waals surface area contributed by atoms with Gasteiger partial charge in [-0.3, -0.25) is 0 Å². The average molecular weight is 384 g/mol. The second kappa shape index (κ2) is 12.5. The van der Waals surface area contributed by atoms with Gasteiger partial charge in [0.05, 0.1) is 22.3 Å². The third-order valence-corrected chi connectivity index (χ3v) is 5.08. The van der Waals surface area contributed by atoms with E-state index in [9.17, 15) is 9.59 Å². The minimum atomic E-state index is -1.38. The molecule has 0 unspecified atom stereocenters. The number of nitrogens with zero attached hydrogens (tertiary/aromatic N) is 2. The Labute approximate surface area is 166 Å². The SMILES string of the molecule is CCCCCCC1CCCCC1.N#Cc1c(C(=O)O)ccc(C(=O)O)c1C#N. The van der Waals surface area contributed by atoms with Gasteiger partial charge in [0.1, 0.15) is 12.1 Å². The maximum atomic E-state index is 10.7. The molecule has 0 amide bonds. The van der Waals surface area contributed by atoms with E-state index in [-0.39, 0.29) is 11.1 Å². The second-order valence-electron chi connectivity index (χ2n) is 7.10. The van der Waals surface area contributed by atoms with E-state index in [0.29, 0.717) is 0 Å². The van der Waals surface area contributed by atoms with Gasteiger partial charge in [0.15, 0.2) is 0 Å². The van der Waals surface area contributed by atoms with Crippen LogP contribution in [-0.2, 0) is 0 Å². The van der Waals surface area contributed by atoms with Crippen molar-refractivity contribution in [1.29, 1.82) is 10.5 Å². The van der Waals surface area contributed by atoms with Gasteiger partial charge in [-0.05, 0) is 18.1 Å². The zero-order valence-electron chi connectivity index (χ0n) is 16.4. The van der Waals surface area contributed by atoms with Crippen molar-refractivity contribution < 1.29 is 19.8 Å². The van der Waals surface area contributed by atoms with Gasteiger partial charge in [0.25, 0.3) is 0 Å². The molecule has 0 saturated heterocycles. The van der Waals surface area contributed by atoms with Crippen LogP contribution in [0.25, 0.3) is 0 Å². The third-order valence-electron chi connectivity index (χ3n) is 5.08. The van der Waals surface area contributed by atoms with Crippen LogP contribution in [0.4, 0.5) is 0 Å². The fourth-order valence-electron chi connectivity index (χ4n) is 3.53. The summed E-state index contributed by atoms with van der Waals surface area (Å²) in [6.45, 7) is 2.29. The predicted molar refractivity (Wildman–Crippen MR) is 105 cm³/mol. The first-order valence-corrected chi connectivity index (χ1v) is 9.90. The van der Waals surface area contributed by atoms with E-state index in [0.717, 1.165) is 18.1 Å². The molecule has 28 heavy (non-hydrogen) atoms. The van der Waals surface area contributed by atoms with E-state index < -0.39 is 23.1 Å². The number of aromatic carboxylic acids is 2. The maximum absolute atomic E-state index is 10.7. The molecule has 1 aromatic rings. The second-order valence-corrected chi connectivity index (χ2v) is 7.10. The van der Waals surface area contributed by atoms with Crippen LogP contribution in [-0.4, -0.2) is 22.2 Å². The normalized spacial score (nSPS) is 13.5. The summed E-state index contributed by atoms with van der Waals surface area (Å²) in [6.07, 6.45) is 14.9. The molecular weight excluding hydrogens is 356 g/mol. The molecule has 2 rings (SSSR count). The summed E-state index contributed by atoms with van der Waals surface area (Å²) < 4.78 is 0. The topological polar surface area (TPSA) is 122 Å². The summed E-state index contributed by atoms with van der Waals surface area (Å²) in [5.41, 5.74) is -1.64. The Hall–Kier alpha value is -2.86. The lowest BCUT2D eigenvalue weighted by atomic mass is 9.85. The van der Waals surface area contributed by atoms with Gasteiger partial charge in [-0.25, -0.2) is 9.59 Å². The number of hydrogen-bond donors (Lipinski definition) is 2. The summed E-state index contributed by atoms with van der Waals surface area (Å²) in [7, 11) is 0. The fourth-order valence-corrected chi connectivity index (χ4v) is 3.53. The zero-order chi connectivity index (χ0) is 20.9. The van der Waals surface area contributed by atoms with Crippen LogP contribution in [0.3, 0.4) is 0 Å². The summed E-state index contributed by atoms with van der Waals surface area (Å²) in [6, 6.07) is 5.03. The van der Waals surface area contributed by atoms with Gasteiger partial charge in [-0.1, -0.05) is 71.1 Å². The Kier molecular flexibility index (Phi) is 10.4. The number of benzene rings is 1. The number of carboxylic acids is 2. The molecule has 6 heteroatoms. The summed E-state index contributed by atoms with van der Waals surface area (Å²) >= 11 is 0. The Morgan fingerprint density at radius 3 is 1.82 bits per heavy atom.